The molecular weight excluding hydrogens is 242 g/mol. The van der Waals surface area contributed by atoms with Crippen molar-refractivity contribution in [1.82, 2.24) is 3.75 Å². The van der Waals surface area contributed by atoms with E-state index in [-0.39, 0.29) is 5.75 Å². The topological polar surface area (TPSA) is 46.2 Å². The molecule has 1 aromatic carbocycles. The third-order valence-corrected chi connectivity index (χ3v) is 3.75. The first-order valence-electron chi connectivity index (χ1n) is 3.28. The molecule has 5 heteroatoms. The summed E-state index contributed by atoms with van der Waals surface area (Å²) in [7, 11) is -3.21. The molecule has 1 rings (SSSR count). The highest BCUT2D eigenvalue weighted by molar-refractivity contribution is 9.09. The molecule has 0 saturated carbocycles. The molecule has 0 atom stereocenters. The van der Waals surface area contributed by atoms with Gasteiger partial charge in [0, 0.05) is 16.1 Å². The Morgan fingerprint density at radius 1 is 1.25 bits per heavy atom. The van der Waals surface area contributed by atoms with Crippen LogP contribution in [0.5, 0.6) is 0 Å². The van der Waals surface area contributed by atoms with E-state index in [2.05, 4.69) is 19.9 Å². The van der Waals surface area contributed by atoms with E-state index in [9.17, 15) is 8.42 Å². The molecule has 0 aliphatic carbocycles. The van der Waals surface area contributed by atoms with E-state index in [0.29, 0.717) is 0 Å². The van der Waals surface area contributed by atoms with Crippen LogP contribution >= 0.6 is 16.1 Å². The van der Waals surface area contributed by atoms with Crippen molar-refractivity contribution in [3.8, 4) is 0 Å². The van der Waals surface area contributed by atoms with Gasteiger partial charge < -0.3 is 0 Å². The average molecular weight is 250 g/mol. The normalized spacial score (nSPS) is 11.4. The Kier molecular flexibility index (Phi) is 3.25. The molecule has 3 nitrogen and oxygen atoms in total. The largest absolute Gasteiger partial charge is 0.225 e. The first kappa shape index (κ1) is 9.70. The summed E-state index contributed by atoms with van der Waals surface area (Å²) < 4.78 is 24.1. The number of rotatable bonds is 3. The summed E-state index contributed by atoms with van der Waals surface area (Å²) in [6, 6.07) is 8.99. The fraction of sp³-hybridized carbons (Fsp3) is 0.143. The summed E-state index contributed by atoms with van der Waals surface area (Å²) in [5.74, 6) is -0.000903. The van der Waals surface area contributed by atoms with Gasteiger partial charge in [-0.25, -0.2) is 8.42 Å². The maximum Gasteiger partial charge on any atom is 0.225 e. The Morgan fingerprint density at radius 3 is 2.33 bits per heavy atom. The third kappa shape index (κ3) is 2.92. The predicted octanol–water partition coefficient (Wildman–Crippen LogP) is 1.42. The van der Waals surface area contributed by atoms with Crippen LogP contribution in [0.4, 0.5) is 0 Å². The first-order chi connectivity index (χ1) is 5.64. The van der Waals surface area contributed by atoms with Gasteiger partial charge in [0.05, 0.1) is 5.75 Å². The van der Waals surface area contributed by atoms with E-state index in [1.54, 1.807) is 24.3 Å². The number of hydrogen-bond donors (Lipinski definition) is 1. The van der Waals surface area contributed by atoms with Crippen molar-refractivity contribution in [1.29, 1.82) is 0 Å². The SMILES string of the molecule is O=S(=O)(Cc1ccccc1)NBr. The van der Waals surface area contributed by atoms with Gasteiger partial charge in [-0.3, -0.25) is 0 Å². The van der Waals surface area contributed by atoms with E-state index >= 15 is 0 Å². The van der Waals surface area contributed by atoms with Crippen molar-refractivity contribution in [2.75, 3.05) is 0 Å². The van der Waals surface area contributed by atoms with Crippen LogP contribution in [0.25, 0.3) is 0 Å². The van der Waals surface area contributed by atoms with Gasteiger partial charge in [0.2, 0.25) is 10.0 Å². The number of benzene rings is 1. The van der Waals surface area contributed by atoms with Crippen molar-refractivity contribution in [3.63, 3.8) is 0 Å². The predicted molar refractivity (Wildman–Crippen MR) is 51.1 cm³/mol. The highest BCUT2D eigenvalue weighted by Gasteiger charge is 2.07. The first-order valence-corrected chi connectivity index (χ1v) is 5.72. The third-order valence-electron chi connectivity index (χ3n) is 1.32. The standard InChI is InChI=1S/C7H8BrNO2S/c8-9-12(10,11)6-7-4-2-1-3-5-7/h1-5,9H,6H2. The molecule has 0 saturated heterocycles. The van der Waals surface area contributed by atoms with Crippen LogP contribution in [-0.4, -0.2) is 8.42 Å². The van der Waals surface area contributed by atoms with E-state index < -0.39 is 10.0 Å². The van der Waals surface area contributed by atoms with E-state index in [4.69, 9.17) is 0 Å². The van der Waals surface area contributed by atoms with Crippen LogP contribution in [0, 0.1) is 0 Å². The summed E-state index contributed by atoms with van der Waals surface area (Å²) in [4.78, 5) is 0. The molecule has 0 aliphatic rings. The zero-order valence-electron chi connectivity index (χ0n) is 6.20. The van der Waals surface area contributed by atoms with Gasteiger partial charge in [-0.05, 0) is 5.56 Å². The van der Waals surface area contributed by atoms with Crippen molar-refractivity contribution >= 4 is 26.2 Å². The minimum absolute atomic E-state index is 0.000903. The molecular formula is C7H8BrNO2S. The Bertz CT molecular complexity index is 336. The summed E-state index contributed by atoms with van der Waals surface area (Å²) in [6.07, 6.45) is 0. The molecule has 0 radical (unpaired) electrons. The van der Waals surface area contributed by atoms with Gasteiger partial charge in [0.25, 0.3) is 0 Å². The van der Waals surface area contributed by atoms with Crippen molar-refractivity contribution in [2.24, 2.45) is 0 Å². The minimum Gasteiger partial charge on any atom is -0.211 e. The number of nitrogens with one attached hydrogen (secondary N) is 1. The molecule has 12 heavy (non-hydrogen) atoms. The molecule has 0 bridgehead atoms. The van der Waals surface area contributed by atoms with Gasteiger partial charge in [0.1, 0.15) is 0 Å². The smallest absolute Gasteiger partial charge is 0.211 e. The van der Waals surface area contributed by atoms with Gasteiger partial charge in [-0.1, -0.05) is 30.3 Å². The van der Waals surface area contributed by atoms with Crippen LogP contribution in [0.15, 0.2) is 30.3 Å². The molecule has 0 aliphatic heterocycles. The van der Waals surface area contributed by atoms with Crippen LogP contribution in [0.1, 0.15) is 5.56 Å². The summed E-state index contributed by atoms with van der Waals surface area (Å²) in [5, 5.41) is 0. The van der Waals surface area contributed by atoms with Crippen molar-refractivity contribution in [3.05, 3.63) is 35.9 Å². The lowest BCUT2D eigenvalue weighted by Crippen LogP contribution is -2.14. The highest BCUT2D eigenvalue weighted by atomic mass is 79.9. The average Bonchev–Trinajstić information content (AvgIpc) is 2.06. The maximum absolute atomic E-state index is 11.0. The van der Waals surface area contributed by atoms with E-state index in [0.717, 1.165) is 5.56 Å². The monoisotopic (exact) mass is 249 g/mol. The lowest BCUT2D eigenvalue weighted by atomic mass is 10.2. The van der Waals surface area contributed by atoms with E-state index in [1.165, 1.54) is 0 Å². The van der Waals surface area contributed by atoms with Crippen molar-refractivity contribution < 1.29 is 8.42 Å². The number of halogens is 1. The fourth-order valence-corrected chi connectivity index (χ4v) is 1.85. The second-order valence-electron chi connectivity index (χ2n) is 2.32. The molecule has 0 spiro atoms. The molecule has 0 heterocycles. The lowest BCUT2D eigenvalue weighted by molar-refractivity contribution is 0.594. The Hall–Kier alpha value is -0.390. The fourth-order valence-electron chi connectivity index (χ4n) is 0.821. The molecule has 1 aromatic rings. The van der Waals surface area contributed by atoms with Gasteiger partial charge in [-0.15, -0.1) is 3.75 Å². The molecule has 0 unspecified atom stereocenters. The van der Waals surface area contributed by atoms with Crippen LogP contribution in [0.2, 0.25) is 0 Å². The molecule has 0 amide bonds. The zero-order chi connectivity index (χ0) is 9.03. The minimum atomic E-state index is -3.21. The maximum atomic E-state index is 11.0. The lowest BCUT2D eigenvalue weighted by Gasteiger charge is -1.99. The van der Waals surface area contributed by atoms with Gasteiger partial charge in [-0.2, -0.15) is 0 Å². The van der Waals surface area contributed by atoms with Crippen LogP contribution in [0.3, 0.4) is 0 Å². The number of hydrogen-bond acceptors (Lipinski definition) is 2. The Morgan fingerprint density at radius 2 is 1.83 bits per heavy atom. The van der Waals surface area contributed by atoms with E-state index in [1.807, 2.05) is 6.07 Å². The Labute approximate surface area is 80.2 Å². The molecule has 0 fully saturated rings. The summed E-state index contributed by atoms with van der Waals surface area (Å²) >= 11 is 2.69. The number of sulfonamides is 1. The van der Waals surface area contributed by atoms with Gasteiger partial charge >= 0.3 is 0 Å². The molecule has 66 valence electrons. The summed E-state index contributed by atoms with van der Waals surface area (Å²) in [5.41, 5.74) is 0.768. The molecule has 0 aromatic heterocycles. The zero-order valence-corrected chi connectivity index (χ0v) is 8.60. The van der Waals surface area contributed by atoms with Crippen LogP contribution in [-0.2, 0) is 15.8 Å². The second kappa shape index (κ2) is 4.02. The Balaban J connectivity index is 2.78. The molecule has 1 N–H and O–H groups in total. The van der Waals surface area contributed by atoms with Gasteiger partial charge in [0.15, 0.2) is 0 Å². The second-order valence-corrected chi connectivity index (χ2v) is 4.97. The van der Waals surface area contributed by atoms with Crippen molar-refractivity contribution in [2.45, 2.75) is 5.75 Å². The summed E-state index contributed by atoms with van der Waals surface area (Å²) in [6.45, 7) is 0. The van der Waals surface area contributed by atoms with Crippen LogP contribution < -0.4 is 3.75 Å². The quantitative estimate of drug-likeness (QED) is 0.824. The highest BCUT2D eigenvalue weighted by Crippen LogP contribution is 2.04.